The maximum Gasteiger partial charge on any atom is 0.322 e. The van der Waals surface area contributed by atoms with Gasteiger partial charge in [-0.15, -0.1) is 0 Å². The molecular formula is C25H28Cl2FN5O2. The van der Waals surface area contributed by atoms with E-state index in [1.165, 1.54) is 23.1 Å². The second-order valence-electron chi connectivity index (χ2n) is 9.05. The van der Waals surface area contributed by atoms with Crippen LogP contribution in [0.1, 0.15) is 39.8 Å². The number of benzene rings is 2. The Morgan fingerprint density at radius 2 is 1.77 bits per heavy atom. The highest BCUT2D eigenvalue weighted by molar-refractivity contribution is 6.42. The number of nitrogens with zero attached hydrogens (tertiary/aromatic N) is 3. The largest absolute Gasteiger partial charge is 0.322 e. The molecule has 35 heavy (non-hydrogen) atoms. The second kappa shape index (κ2) is 11.1. The van der Waals surface area contributed by atoms with Gasteiger partial charge in [-0.3, -0.25) is 4.79 Å². The SMILES string of the molecule is CCCN(CC(=O)Nc1cc(C(C)(C)C)nn1-c1ccc(Cl)c(Cl)c1)C(=O)Nc1ccccc1F. The summed E-state index contributed by atoms with van der Waals surface area (Å²) in [5.74, 6) is -0.560. The van der Waals surface area contributed by atoms with Crippen LogP contribution in [0.5, 0.6) is 0 Å². The normalized spacial score (nSPS) is 11.3. The number of urea groups is 1. The third-order valence-electron chi connectivity index (χ3n) is 5.12. The van der Waals surface area contributed by atoms with E-state index in [-0.39, 0.29) is 17.6 Å². The highest BCUT2D eigenvalue weighted by atomic mass is 35.5. The second-order valence-corrected chi connectivity index (χ2v) is 9.87. The van der Waals surface area contributed by atoms with Crippen molar-refractivity contribution in [1.82, 2.24) is 14.7 Å². The third kappa shape index (κ3) is 6.74. The van der Waals surface area contributed by atoms with Gasteiger partial charge in [0, 0.05) is 18.0 Å². The van der Waals surface area contributed by atoms with Gasteiger partial charge in [0.1, 0.15) is 18.2 Å². The Kier molecular flexibility index (Phi) is 8.40. The molecule has 3 amide bonds. The first-order chi connectivity index (χ1) is 16.5. The Labute approximate surface area is 214 Å². The molecule has 0 fully saturated rings. The molecule has 0 aliphatic carbocycles. The van der Waals surface area contributed by atoms with Gasteiger partial charge in [0.25, 0.3) is 0 Å². The molecule has 1 heterocycles. The summed E-state index contributed by atoms with van der Waals surface area (Å²) in [5.41, 5.74) is 1.13. The van der Waals surface area contributed by atoms with E-state index in [4.69, 9.17) is 23.2 Å². The van der Waals surface area contributed by atoms with E-state index in [0.717, 1.165) is 5.69 Å². The molecule has 0 spiro atoms. The first kappa shape index (κ1) is 26.5. The minimum absolute atomic E-state index is 0.0477. The zero-order valence-corrected chi connectivity index (χ0v) is 21.5. The van der Waals surface area contributed by atoms with Crippen molar-refractivity contribution >= 4 is 46.6 Å². The highest BCUT2D eigenvalue weighted by Gasteiger charge is 2.23. The topological polar surface area (TPSA) is 79.3 Å². The summed E-state index contributed by atoms with van der Waals surface area (Å²) >= 11 is 12.3. The van der Waals surface area contributed by atoms with Crippen molar-refractivity contribution in [2.24, 2.45) is 0 Å². The number of hydrogen-bond donors (Lipinski definition) is 2. The van der Waals surface area contributed by atoms with Crippen molar-refractivity contribution in [1.29, 1.82) is 0 Å². The molecule has 0 saturated carbocycles. The summed E-state index contributed by atoms with van der Waals surface area (Å²) in [6.45, 7) is 8.00. The van der Waals surface area contributed by atoms with E-state index < -0.39 is 17.8 Å². The number of nitrogens with one attached hydrogen (secondary N) is 2. The maximum absolute atomic E-state index is 14.0. The fourth-order valence-electron chi connectivity index (χ4n) is 3.29. The lowest BCUT2D eigenvalue weighted by Crippen LogP contribution is -2.41. The zero-order valence-electron chi connectivity index (χ0n) is 20.0. The summed E-state index contributed by atoms with van der Waals surface area (Å²) in [7, 11) is 0. The number of rotatable bonds is 7. The number of halogens is 3. The average Bonchev–Trinajstić information content (AvgIpc) is 3.21. The summed E-state index contributed by atoms with van der Waals surface area (Å²) in [5, 5.41) is 10.8. The van der Waals surface area contributed by atoms with Crippen LogP contribution in [0.3, 0.4) is 0 Å². The summed E-state index contributed by atoms with van der Waals surface area (Å²) in [4.78, 5) is 27.1. The van der Waals surface area contributed by atoms with Crippen LogP contribution in [0.2, 0.25) is 10.0 Å². The smallest absolute Gasteiger partial charge is 0.315 e. The van der Waals surface area contributed by atoms with Crippen LogP contribution < -0.4 is 10.6 Å². The van der Waals surface area contributed by atoms with Gasteiger partial charge in [-0.25, -0.2) is 13.9 Å². The van der Waals surface area contributed by atoms with Crippen LogP contribution in [0.25, 0.3) is 5.69 Å². The van der Waals surface area contributed by atoms with Gasteiger partial charge in [-0.05, 0) is 36.8 Å². The predicted molar refractivity (Wildman–Crippen MR) is 138 cm³/mol. The number of hydrogen-bond acceptors (Lipinski definition) is 3. The molecule has 0 aliphatic rings. The van der Waals surface area contributed by atoms with Crippen LogP contribution in [-0.4, -0.2) is 39.7 Å². The highest BCUT2D eigenvalue weighted by Crippen LogP contribution is 2.29. The van der Waals surface area contributed by atoms with Gasteiger partial charge in [-0.1, -0.05) is 63.0 Å². The quantitative estimate of drug-likeness (QED) is 0.373. The van der Waals surface area contributed by atoms with Crippen molar-refractivity contribution in [2.45, 2.75) is 39.5 Å². The van der Waals surface area contributed by atoms with Crippen molar-refractivity contribution < 1.29 is 14.0 Å². The van der Waals surface area contributed by atoms with Crippen LogP contribution >= 0.6 is 23.2 Å². The lowest BCUT2D eigenvalue weighted by Gasteiger charge is -2.22. The molecule has 1 aromatic heterocycles. The van der Waals surface area contributed by atoms with E-state index in [1.807, 2.05) is 27.7 Å². The van der Waals surface area contributed by atoms with Crippen molar-refractivity contribution in [3.05, 3.63) is 70.1 Å². The molecule has 0 atom stereocenters. The van der Waals surface area contributed by atoms with Crippen molar-refractivity contribution in [3.63, 3.8) is 0 Å². The maximum atomic E-state index is 14.0. The fourth-order valence-corrected chi connectivity index (χ4v) is 3.58. The van der Waals surface area contributed by atoms with E-state index in [2.05, 4.69) is 15.7 Å². The molecule has 2 aromatic carbocycles. The first-order valence-electron chi connectivity index (χ1n) is 11.2. The molecule has 3 aromatic rings. The van der Waals surface area contributed by atoms with E-state index in [0.29, 0.717) is 34.5 Å². The number of carbonyl (C=O) groups excluding carboxylic acids is 2. The van der Waals surface area contributed by atoms with Gasteiger partial charge in [0.05, 0.1) is 27.1 Å². The minimum atomic E-state index is -0.569. The summed E-state index contributed by atoms with van der Waals surface area (Å²) < 4.78 is 15.5. The molecule has 0 aliphatic heterocycles. The molecule has 0 saturated heterocycles. The summed E-state index contributed by atoms with van der Waals surface area (Å²) in [6.07, 6.45) is 0.618. The van der Waals surface area contributed by atoms with Crippen molar-refractivity contribution in [3.8, 4) is 5.69 Å². The predicted octanol–water partition coefficient (Wildman–Crippen LogP) is 6.50. The fraction of sp³-hybridized carbons (Fsp3) is 0.320. The monoisotopic (exact) mass is 519 g/mol. The standard InChI is InChI=1S/C25H28Cl2FN5O2/c1-5-12-32(24(35)29-20-9-7-6-8-19(20)28)15-23(34)30-22-14-21(25(2,3)4)31-33(22)16-10-11-17(26)18(27)13-16/h6-11,13-14H,5,12,15H2,1-4H3,(H,29,35)(H,30,34). The van der Waals surface area contributed by atoms with Crippen LogP contribution in [-0.2, 0) is 10.2 Å². The molecular weight excluding hydrogens is 492 g/mol. The van der Waals surface area contributed by atoms with Gasteiger partial charge in [0.15, 0.2) is 0 Å². The lowest BCUT2D eigenvalue weighted by molar-refractivity contribution is -0.116. The molecule has 2 N–H and O–H groups in total. The molecule has 0 radical (unpaired) electrons. The molecule has 0 unspecified atom stereocenters. The van der Waals surface area contributed by atoms with E-state index in [1.54, 1.807) is 35.0 Å². The number of amides is 3. The molecule has 0 bridgehead atoms. The van der Waals surface area contributed by atoms with Gasteiger partial charge in [-0.2, -0.15) is 5.10 Å². The van der Waals surface area contributed by atoms with Crippen LogP contribution in [0.4, 0.5) is 20.7 Å². The van der Waals surface area contributed by atoms with E-state index in [9.17, 15) is 14.0 Å². The van der Waals surface area contributed by atoms with Gasteiger partial charge < -0.3 is 15.5 Å². The Morgan fingerprint density at radius 1 is 1.06 bits per heavy atom. The van der Waals surface area contributed by atoms with Gasteiger partial charge >= 0.3 is 6.03 Å². The summed E-state index contributed by atoms with van der Waals surface area (Å²) in [6, 6.07) is 12.1. The van der Waals surface area contributed by atoms with Crippen LogP contribution in [0, 0.1) is 5.82 Å². The molecule has 10 heteroatoms. The number of anilines is 2. The Hall–Kier alpha value is -3.10. The third-order valence-corrected chi connectivity index (χ3v) is 5.86. The average molecular weight is 520 g/mol. The first-order valence-corrected chi connectivity index (χ1v) is 11.9. The Bertz CT molecular complexity index is 1220. The minimum Gasteiger partial charge on any atom is -0.315 e. The molecule has 3 rings (SSSR count). The molecule has 7 nitrogen and oxygen atoms in total. The lowest BCUT2D eigenvalue weighted by atomic mass is 9.92. The Morgan fingerprint density at radius 3 is 2.40 bits per heavy atom. The van der Waals surface area contributed by atoms with Crippen LogP contribution in [0.15, 0.2) is 48.5 Å². The number of carbonyl (C=O) groups is 2. The number of para-hydroxylation sites is 1. The van der Waals surface area contributed by atoms with Crippen molar-refractivity contribution in [2.75, 3.05) is 23.7 Å². The zero-order chi connectivity index (χ0) is 25.8. The Balaban J connectivity index is 1.83. The van der Waals surface area contributed by atoms with E-state index >= 15 is 0 Å². The number of aromatic nitrogens is 2. The molecule has 186 valence electrons. The van der Waals surface area contributed by atoms with Gasteiger partial charge in [0.2, 0.25) is 5.91 Å².